The number of unbranched alkanes of at least 4 members (excludes halogenated alkanes) is 1. The molecule has 90 valence electrons. The molecular formula is C16H26. The number of aryl methyl sites for hydroxylation is 1. The molecule has 0 amide bonds. The van der Waals surface area contributed by atoms with Gasteiger partial charge in [-0.1, -0.05) is 64.3 Å². The van der Waals surface area contributed by atoms with E-state index in [9.17, 15) is 0 Å². The van der Waals surface area contributed by atoms with E-state index in [0.717, 1.165) is 12.3 Å². The smallest absolute Gasteiger partial charge is 0.0162 e. The van der Waals surface area contributed by atoms with Gasteiger partial charge in [0, 0.05) is 0 Å². The zero-order chi connectivity index (χ0) is 11.8. The van der Waals surface area contributed by atoms with Crippen molar-refractivity contribution in [3.8, 4) is 0 Å². The van der Waals surface area contributed by atoms with Crippen LogP contribution in [0, 0.1) is 0 Å². The van der Waals surface area contributed by atoms with Gasteiger partial charge in [-0.3, -0.25) is 0 Å². The van der Waals surface area contributed by atoms with Crippen molar-refractivity contribution in [2.75, 3.05) is 0 Å². The van der Waals surface area contributed by atoms with Crippen molar-refractivity contribution in [2.24, 2.45) is 0 Å². The van der Waals surface area contributed by atoms with Gasteiger partial charge in [-0.15, -0.1) is 0 Å². The van der Waals surface area contributed by atoms with Gasteiger partial charge in [-0.2, -0.15) is 0 Å². The molecule has 1 aromatic carbocycles. The molecule has 0 aliphatic rings. The van der Waals surface area contributed by atoms with Crippen molar-refractivity contribution in [1.29, 1.82) is 0 Å². The average Bonchev–Trinajstić information content (AvgIpc) is 2.35. The monoisotopic (exact) mass is 218 g/mol. The Hall–Kier alpha value is -0.780. The summed E-state index contributed by atoms with van der Waals surface area (Å²) in [4.78, 5) is 0. The van der Waals surface area contributed by atoms with Crippen molar-refractivity contribution >= 4 is 0 Å². The molecule has 0 heterocycles. The lowest BCUT2D eigenvalue weighted by molar-refractivity contribution is 0.541. The van der Waals surface area contributed by atoms with Gasteiger partial charge in [0.2, 0.25) is 0 Å². The summed E-state index contributed by atoms with van der Waals surface area (Å²) in [6.45, 7) is 6.79. The molecule has 0 nitrogen and oxygen atoms in total. The molecule has 1 unspecified atom stereocenters. The summed E-state index contributed by atoms with van der Waals surface area (Å²) < 4.78 is 0. The van der Waals surface area contributed by atoms with E-state index in [1.807, 2.05) is 0 Å². The van der Waals surface area contributed by atoms with Crippen molar-refractivity contribution in [3.05, 3.63) is 35.4 Å². The second kappa shape index (κ2) is 7.49. The molecule has 0 heteroatoms. The zero-order valence-electron chi connectivity index (χ0n) is 11.1. The molecule has 16 heavy (non-hydrogen) atoms. The van der Waals surface area contributed by atoms with Crippen LogP contribution in [-0.2, 0) is 6.42 Å². The summed E-state index contributed by atoms with van der Waals surface area (Å²) in [6.07, 6.45) is 7.81. The van der Waals surface area contributed by atoms with E-state index in [4.69, 9.17) is 0 Å². The second-order valence-electron chi connectivity index (χ2n) is 4.72. The highest BCUT2D eigenvalue weighted by atomic mass is 14.1. The highest BCUT2D eigenvalue weighted by Gasteiger charge is 2.09. The van der Waals surface area contributed by atoms with E-state index in [1.165, 1.54) is 37.7 Å². The average molecular weight is 218 g/mol. The van der Waals surface area contributed by atoms with Crippen molar-refractivity contribution in [2.45, 2.75) is 65.2 Å². The summed E-state index contributed by atoms with van der Waals surface area (Å²) in [6, 6.07) is 9.28. The maximum absolute atomic E-state index is 2.34. The van der Waals surface area contributed by atoms with Gasteiger partial charge in [0.25, 0.3) is 0 Å². The molecule has 0 radical (unpaired) electrons. The van der Waals surface area contributed by atoms with Gasteiger partial charge in [0.1, 0.15) is 0 Å². The summed E-state index contributed by atoms with van der Waals surface area (Å²) in [5, 5.41) is 0. The SMILES string of the molecule is CCCCC(CCC)c1ccc(CC)cc1. The lowest BCUT2D eigenvalue weighted by atomic mass is 9.89. The normalized spacial score (nSPS) is 12.7. The predicted molar refractivity (Wildman–Crippen MR) is 73.0 cm³/mol. The quantitative estimate of drug-likeness (QED) is 0.581. The van der Waals surface area contributed by atoms with Crippen molar-refractivity contribution in [3.63, 3.8) is 0 Å². The Balaban J connectivity index is 2.67. The fraction of sp³-hybridized carbons (Fsp3) is 0.625. The van der Waals surface area contributed by atoms with Gasteiger partial charge < -0.3 is 0 Å². The molecule has 0 bridgehead atoms. The molecular weight excluding hydrogens is 192 g/mol. The fourth-order valence-corrected chi connectivity index (χ4v) is 2.30. The van der Waals surface area contributed by atoms with Crippen LogP contribution >= 0.6 is 0 Å². The molecule has 0 aliphatic carbocycles. The molecule has 0 saturated heterocycles. The number of hydrogen-bond donors (Lipinski definition) is 0. The van der Waals surface area contributed by atoms with E-state index < -0.39 is 0 Å². The third-order valence-corrected chi connectivity index (χ3v) is 3.40. The Labute approximate surface area is 101 Å². The minimum absolute atomic E-state index is 0.788. The Morgan fingerprint density at radius 1 is 0.875 bits per heavy atom. The van der Waals surface area contributed by atoms with Crippen molar-refractivity contribution in [1.82, 2.24) is 0 Å². The number of rotatable bonds is 7. The molecule has 1 aromatic rings. The maximum Gasteiger partial charge on any atom is -0.0162 e. The Morgan fingerprint density at radius 2 is 1.56 bits per heavy atom. The summed E-state index contributed by atoms with van der Waals surface area (Å²) in [5.41, 5.74) is 3.00. The van der Waals surface area contributed by atoms with Gasteiger partial charge in [0.15, 0.2) is 0 Å². The predicted octanol–water partition coefficient (Wildman–Crippen LogP) is 5.32. The molecule has 1 atom stereocenters. The fourth-order valence-electron chi connectivity index (χ4n) is 2.30. The van der Waals surface area contributed by atoms with E-state index in [-0.39, 0.29) is 0 Å². The Kier molecular flexibility index (Phi) is 6.22. The molecule has 0 N–H and O–H groups in total. The summed E-state index contributed by atoms with van der Waals surface area (Å²) in [7, 11) is 0. The first-order chi connectivity index (χ1) is 7.81. The van der Waals surface area contributed by atoms with E-state index in [2.05, 4.69) is 45.0 Å². The first-order valence-electron chi connectivity index (χ1n) is 6.90. The topological polar surface area (TPSA) is 0 Å². The van der Waals surface area contributed by atoms with Crippen molar-refractivity contribution < 1.29 is 0 Å². The number of hydrogen-bond acceptors (Lipinski definition) is 0. The molecule has 0 aromatic heterocycles. The van der Waals surface area contributed by atoms with Crippen LogP contribution in [0.2, 0.25) is 0 Å². The zero-order valence-corrected chi connectivity index (χ0v) is 11.1. The highest BCUT2D eigenvalue weighted by Crippen LogP contribution is 2.27. The minimum atomic E-state index is 0.788. The van der Waals surface area contributed by atoms with E-state index in [1.54, 1.807) is 5.56 Å². The standard InChI is InChI=1S/C16H26/c1-4-7-9-15(8-5-2)16-12-10-14(6-3)11-13-16/h10-13,15H,4-9H2,1-3H3. The van der Waals surface area contributed by atoms with Gasteiger partial charge in [-0.25, -0.2) is 0 Å². The molecule has 1 rings (SSSR count). The lowest BCUT2D eigenvalue weighted by Crippen LogP contribution is -1.99. The highest BCUT2D eigenvalue weighted by molar-refractivity contribution is 5.25. The maximum atomic E-state index is 2.34. The van der Waals surface area contributed by atoms with Crippen LogP contribution in [-0.4, -0.2) is 0 Å². The van der Waals surface area contributed by atoms with Crippen LogP contribution in [0.25, 0.3) is 0 Å². The van der Waals surface area contributed by atoms with E-state index >= 15 is 0 Å². The summed E-state index contributed by atoms with van der Waals surface area (Å²) in [5.74, 6) is 0.788. The molecule has 0 fully saturated rings. The van der Waals surface area contributed by atoms with Crippen LogP contribution in [0.5, 0.6) is 0 Å². The second-order valence-corrected chi connectivity index (χ2v) is 4.72. The third kappa shape index (κ3) is 4.00. The van der Waals surface area contributed by atoms with Crippen LogP contribution in [0.3, 0.4) is 0 Å². The Bertz CT molecular complexity index is 271. The van der Waals surface area contributed by atoms with Gasteiger partial charge >= 0.3 is 0 Å². The largest absolute Gasteiger partial charge is 0.0654 e. The minimum Gasteiger partial charge on any atom is -0.0654 e. The van der Waals surface area contributed by atoms with Crippen LogP contribution in [0.1, 0.15) is 69.9 Å². The molecule has 0 aliphatic heterocycles. The molecule has 0 spiro atoms. The molecule has 0 saturated carbocycles. The van der Waals surface area contributed by atoms with E-state index in [0.29, 0.717) is 0 Å². The summed E-state index contributed by atoms with van der Waals surface area (Å²) >= 11 is 0. The third-order valence-electron chi connectivity index (χ3n) is 3.40. The Morgan fingerprint density at radius 3 is 2.06 bits per heavy atom. The van der Waals surface area contributed by atoms with Gasteiger partial charge in [-0.05, 0) is 36.3 Å². The first-order valence-corrected chi connectivity index (χ1v) is 6.90. The van der Waals surface area contributed by atoms with Crippen LogP contribution < -0.4 is 0 Å². The number of benzene rings is 1. The lowest BCUT2D eigenvalue weighted by Gasteiger charge is -2.16. The van der Waals surface area contributed by atoms with Crippen LogP contribution in [0.15, 0.2) is 24.3 Å². The van der Waals surface area contributed by atoms with Crippen LogP contribution in [0.4, 0.5) is 0 Å². The first kappa shape index (κ1) is 13.3. The van der Waals surface area contributed by atoms with Gasteiger partial charge in [0.05, 0.1) is 0 Å².